The van der Waals surface area contributed by atoms with Crippen molar-refractivity contribution < 1.29 is 13.2 Å². The molecular weight excluding hydrogens is 276 g/mol. The highest BCUT2D eigenvalue weighted by molar-refractivity contribution is 7.89. The van der Waals surface area contributed by atoms with Crippen LogP contribution in [0.15, 0.2) is 23.4 Å². The van der Waals surface area contributed by atoms with E-state index in [2.05, 4.69) is 4.98 Å². The zero-order valence-corrected chi connectivity index (χ0v) is 11.5. The van der Waals surface area contributed by atoms with E-state index in [1.807, 2.05) is 0 Å². The number of ether oxygens (including phenoxy) is 1. The third-order valence-electron chi connectivity index (χ3n) is 2.74. The normalized spacial score (nSPS) is 18.5. The van der Waals surface area contributed by atoms with Gasteiger partial charge in [-0.15, -0.1) is 11.6 Å². The molecule has 1 aromatic heterocycles. The second kappa shape index (κ2) is 5.97. The minimum Gasteiger partial charge on any atom is -0.380 e. The van der Waals surface area contributed by atoms with Crippen LogP contribution in [0.2, 0.25) is 0 Å². The first-order valence-corrected chi connectivity index (χ1v) is 7.71. The molecule has 0 unspecified atom stereocenters. The highest BCUT2D eigenvalue weighted by Gasteiger charge is 2.26. The Morgan fingerprint density at radius 1 is 1.33 bits per heavy atom. The number of sulfonamides is 1. The van der Waals surface area contributed by atoms with Gasteiger partial charge in [-0.1, -0.05) is 6.07 Å². The molecule has 2 rings (SSSR count). The van der Waals surface area contributed by atoms with Gasteiger partial charge in [-0.3, -0.25) is 0 Å². The molecule has 0 bridgehead atoms. The lowest BCUT2D eigenvalue weighted by atomic mass is 10.3. The molecule has 18 heavy (non-hydrogen) atoms. The summed E-state index contributed by atoms with van der Waals surface area (Å²) in [4.78, 5) is 3.97. The molecule has 1 saturated heterocycles. The van der Waals surface area contributed by atoms with Gasteiger partial charge in [0.25, 0.3) is 10.0 Å². The highest BCUT2D eigenvalue weighted by Crippen LogP contribution is 2.15. The number of rotatable bonds is 3. The van der Waals surface area contributed by atoms with E-state index in [0.29, 0.717) is 38.6 Å². The van der Waals surface area contributed by atoms with Gasteiger partial charge in [-0.05, 0) is 18.1 Å². The Kier molecular flexibility index (Phi) is 4.55. The maximum absolute atomic E-state index is 12.3. The van der Waals surface area contributed by atoms with Crippen molar-refractivity contribution >= 4 is 21.6 Å². The van der Waals surface area contributed by atoms with E-state index in [1.165, 1.54) is 16.6 Å². The van der Waals surface area contributed by atoms with Crippen LogP contribution in [-0.4, -0.2) is 44.0 Å². The lowest BCUT2D eigenvalue weighted by Gasteiger charge is -2.18. The molecule has 0 aliphatic carbocycles. The van der Waals surface area contributed by atoms with Crippen molar-refractivity contribution in [2.75, 3.05) is 26.3 Å². The molecule has 1 aliphatic heterocycles. The second-order valence-corrected chi connectivity index (χ2v) is 6.16. The standard InChI is InChI=1S/C11H15ClN2O3S/c12-8-10-2-3-11(13-9-10)18(15,16)14-4-1-6-17-7-5-14/h2-3,9H,1,4-8H2. The van der Waals surface area contributed by atoms with Crippen LogP contribution >= 0.6 is 11.6 Å². The molecule has 0 spiro atoms. The topological polar surface area (TPSA) is 59.5 Å². The number of pyridine rings is 1. The second-order valence-electron chi connectivity index (χ2n) is 4.01. The molecule has 0 atom stereocenters. The zero-order valence-electron chi connectivity index (χ0n) is 9.88. The van der Waals surface area contributed by atoms with Crippen LogP contribution in [0, 0.1) is 0 Å². The summed E-state index contributed by atoms with van der Waals surface area (Å²) in [5.41, 5.74) is 0.801. The first-order chi connectivity index (χ1) is 8.64. The minimum absolute atomic E-state index is 0.0678. The summed E-state index contributed by atoms with van der Waals surface area (Å²) in [6, 6.07) is 3.18. The lowest BCUT2D eigenvalue weighted by molar-refractivity contribution is 0.148. The molecule has 5 nitrogen and oxygen atoms in total. The van der Waals surface area contributed by atoms with E-state index in [9.17, 15) is 8.42 Å². The van der Waals surface area contributed by atoms with Crippen LogP contribution in [0.5, 0.6) is 0 Å². The van der Waals surface area contributed by atoms with Gasteiger partial charge in [0.15, 0.2) is 5.03 Å². The molecule has 0 aromatic carbocycles. The van der Waals surface area contributed by atoms with E-state index in [4.69, 9.17) is 16.3 Å². The molecule has 0 saturated carbocycles. The van der Waals surface area contributed by atoms with Gasteiger partial charge in [0, 0.05) is 31.8 Å². The number of alkyl halides is 1. The van der Waals surface area contributed by atoms with Crippen molar-refractivity contribution in [1.82, 2.24) is 9.29 Å². The Hall–Kier alpha value is -0.690. The van der Waals surface area contributed by atoms with Gasteiger partial charge in [0.05, 0.1) is 6.61 Å². The van der Waals surface area contributed by atoms with Crippen LogP contribution in [0.4, 0.5) is 0 Å². The summed E-state index contributed by atoms with van der Waals surface area (Å²) in [7, 11) is -3.51. The van der Waals surface area contributed by atoms with E-state index >= 15 is 0 Å². The summed E-state index contributed by atoms with van der Waals surface area (Å²) in [5, 5.41) is 0.0678. The first kappa shape index (κ1) is 13.7. The minimum atomic E-state index is -3.51. The van der Waals surface area contributed by atoms with Gasteiger partial charge in [0.2, 0.25) is 0 Å². The third kappa shape index (κ3) is 3.00. The maximum Gasteiger partial charge on any atom is 0.260 e. The Morgan fingerprint density at radius 3 is 2.83 bits per heavy atom. The Labute approximate surface area is 112 Å². The molecule has 2 heterocycles. The van der Waals surface area contributed by atoms with Crippen molar-refractivity contribution in [3.8, 4) is 0 Å². The largest absolute Gasteiger partial charge is 0.380 e. The van der Waals surface area contributed by atoms with Gasteiger partial charge in [-0.2, -0.15) is 4.31 Å². The van der Waals surface area contributed by atoms with Crippen molar-refractivity contribution in [1.29, 1.82) is 0 Å². The quantitative estimate of drug-likeness (QED) is 0.786. The summed E-state index contributed by atoms with van der Waals surface area (Å²) in [6.45, 7) is 1.88. The monoisotopic (exact) mass is 290 g/mol. The average Bonchev–Trinajstić information content (AvgIpc) is 2.68. The zero-order chi connectivity index (χ0) is 13.0. The van der Waals surface area contributed by atoms with Crippen LogP contribution in [0.3, 0.4) is 0 Å². The summed E-state index contributed by atoms with van der Waals surface area (Å²) in [6.07, 6.45) is 2.20. The Morgan fingerprint density at radius 2 is 2.17 bits per heavy atom. The van der Waals surface area contributed by atoms with Crippen LogP contribution < -0.4 is 0 Å². The summed E-state index contributed by atoms with van der Waals surface area (Å²) >= 11 is 5.65. The number of aromatic nitrogens is 1. The van der Waals surface area contributed by atoms with Gasteiger partial charge in [-0.25, -0.2) is 13.4 Å². The number of hydrogen-bond donors (Lipinski definition) is 0. The van der Waals surface area contributed by atoms with E-state index in [0.717, 1.165) is 5.56 Å². The van der Waals surface area contributed by atoms with E-state index < -0.39 is 10.0 Å². The van der Waals surface area contributed by atoms with Gasteiger partial charge < -0.3 is 4.74 Å². The van der Waals surface area contributed by atoms with Crippen molar-refractivity contribution in [3.63, 3.8) is 0 Å². The van der Waals surface area contributed by atoms with E-state index in [1.54, 1.807) is 6.07 Å². The Balaban J connectivity index is 2.22. The smallest absolute Gasteiger partial charge is 0.260 e. The summed E-state index contributed by atoms with van der Waals surface area (Å²) < 4.78 is 31.3. The molecule has 0 radical (unpaired) electrons. The molecule has 0 amide bonds. The predicted octanol–water partition coefficient (Wildman–Crippen LogP) is 1.23. The third-order valence-corrected chi connectivity index (χ3v) is 4.86. The molecule has 0 N–H and O–H groups in total. The van der Waals surface area contributed by atoms with Crippen molar-refractivity contribution in [2.24, 2.45) is 0 Å². The van der Waals surface area contributed by atoms with Crippen LogP contribution in [0.25, 0.3) is 0 Å². The molecule has 1 fully saturated rings. The fourth-order valence-electron chi connectivity index (χ4n) is 1.74. The first-order valence-electron chi connectivity index (χ1n) is 5.73. The van der Waals surface area contributed by atoms with Gasteiger partial charge >= 0.3 is 0 Å². The van der Waals surface area contributed by atoms with Gasteiger partial charge in [0.1, 0.15) is 0 Å². The fourth-order valence-corrected chi connectivity index (χ4v) is 3.27. The molecule has 7 heteroatoms. The lowest BCUT2D eigenvalue weighted by Crippen LogP contribution is -2.33. The van der Waals surface area contributed by atoms with Crippen LogP contribution in [-0.2, 0) is 20.6 Å². The molecule has 100 valence electrons. The van der Waals surface area contributed by atoms with Crippen LogP contribution in [0.1, 0.15) is 12.0 Å². The SMILES string of the molecule is O=S(=O)(c1ccc(CCl)cn1)N1CCCOCC1. The van der Waals surface area contributed by atoms with Crippen molar-refractivity contribution in [3.05, 3.63) is 23.9 Å². The number of nitrogens with zero attached hydrogens (tertiary/aromatic N) is 2. The Bertz CT molecular complexity index is 482. The highest BCUT2D eigenvalue weighted by atomic mass is 35.5. The van der Waals surface area contributed by atoms with Crippen molar-refractivity contribution in [2.45, 2.75) is 17.3 Å². The molecular formula is C11H15ClN2O3S. The van der Waals surface area contributed by atoms with E-state index in [-0.39, 0.29) is 5.03 Å². The average molecular weight is 291 g/mol. The summed E-state index contributed by atoms with van der Waals surface area (Å²) in [5.74, 6) is 0.324. The fraction of sp³-hybridized carbons (Fsp3) is 0.545. The molecule has 1 aromatic rings. The number of halogens is 1. The predicted molar refractivity (Wildman–Crippen MR) is 68.0 cm³/mol. The number of hydrogen-bond acceptors (Lipinski definition) is 4. The maximum atomic E-state index is 12.3. The molecule has 1 aliphatic rings.